The second-order valence-electron chi connectivity index (χ2n) is 4.32. The third-order valence-electron chi connectivity index (χ3n) is 2.46. The fraction of sp³-hybridized carbons (Fsp3) is 0.462. The molecule has 1 amide bonds. The number of nitrogens with one attached hydrogen (secondary N) is 1. The molecule has 7 heteroatoms. The van der Waals surface area contributed by atoms with Crippen LogP contribution in [0.1, 0.15) is 25.3 Å². The molecular weight excluding hydrogens is 290 g/mol. The molecule has 1 rings (SSSR count). The number of amides is 1. The van der Waals surface area contributed by atoms with Gasteiger partial charge in [0.1, 0.15) is 5.75 Å². The Morgan fingerprint density at radius 3 is 2.45 bits per heavy atom. The lowest BCUT2D eigenvalue weighted by Gasteiger charge is -2.08. The summed E-state index contributed by atoms with van der Waals surface area (Å²) in [7, 11) is 0. The van der Waals surface area contributed by atoms with E-state index < -0.39 is 6.61 Å². The van der Waals surface area contributed by atoms with E-state index >= 15 is 0 Å². The van der Waals surface area contributed by atoms with Crippen LogP contribution in [0.5, 0.6) is 5.75 Å². The van der Waals surface area contributed by atoms with Gasteiger partial charge in [-0.05, 0) is 31.0 Å². The first-order valence-electron chi connectivity index (χ1n) is 6.03. The van der Waals surface area contributed by atoms with E-state index in [9.17, 15) is 13.6 Å². The van der Waals surface area contributed by atoms with E-state index in [4.69, 9.17) is 5.73 Å². The highest BCUT2D eigenvalue weighted by Gasteiger charge is 2.05. The number of benzene rings is 1. The number of halogens is 3. The molecule has 20 heavy (non-hydrogen) atoms. The minimum absolute atomic E-state index is 0. The molecule has 0 aliphatic heterocycles. The first-order chi connectivity index (χ1) is 8.97. The van der Waals surface area contributed by atoms with Gasteiger partial charge in [0.2, 0.25) is 5.91 Å². The van der Waals surface area contributed by atoms with E-state index in [2.05, 4.69) is 10.1 Å². The van der Waals surface area contributed by atoms with Gasteiger partial charge < -0.3 is 15.8 Å². The largest absolute Gasteiger partial charge is 0.435 e. The highest BCUT2D eigenvalue weighted by molar-refractivity contribution is 5.85. The first kappa shape index (κ1) is 18.6. The number of rotatable bonds is 7. The van der Waals surface area contributed by atoms with Crippen LogP contribution in [0.25, 0.3) is 0 Å². The Morgan fingerprint density at radius 2 is 1.95 bits per heavy atom. The number of hydrogen-bond acceptors (Lipinski definition) is 3. The third-order valence-corrected chi connectivity index (χ3v) is 2.46. The molecule has 0 aromatic heterocycles. The van der Waals surface area contributed by atoms with Crippen molar-refractivity contribution in [1.29, 1.82) is 0 Å². The molecule has 114 valence electrons. The van der Waals surface area contributed by atoms with Crippen LogP contribution < -0.4 is 15.8 Å². The van der Waals surface area contributed by atoms with Gasteiger partial charge in [-0.1, -0.05) is 12.1 Å². The van der Waals surface area contributed by atoms with E-state index in [0.717, 1.165) is 5.56 Å². The van der Waals surface area contributed by atoms with Gasteiger partial charge in [0.25, 0.3) is 0 Å². The number of ether oxygens (including phenoxy) is 1. The average Bonchev–Trinajstić information content (AvgIpc) is 2.35. The fourth-order valence-electron chi connectivity index (χ4n) is 1.44. The van der Waals surface area contributed by atoms with Crippen LogP contribution in [0, 0.1) is 0 Å². The zero-order valence-corrected chi connectivity index (χ0v) is 12.0. The van der Waals surface area contributed by atoms with E-state index in [1.54, 1.807) is 12.1 Å². The molecule has 0 heterocycles. The Labute approximate surface area is 123 Å². The summed E-state index contributed by atoms with van der Waals surface area (Å²) in [6, 6.07) is 6.13. The first-order valence-corrected chi connectivity index (χ1v) is 6.03. The standard InChI is InChI=1S/C13H18F2N2O2.ClH/c1-9(16)2-7-12(18)17-8-10-3-5-11(6-4-10)19-13(14)15;/h3-6,9,13H,2,7-8,16H2,1H3,(H,17,18);1H. The van der Waals surface area contributed by atoms with Gasteiger partial charge in [-0.25, -0.2) is 0 Å². The van der Waals surface area contributed by atoms with Crippen molar-refractivity contribution in [2.75, 3.05) is 0 Å². The minimum Gasteiger partial charge on any atom is -0.435 e. The molecule has 0 aliphatic carbocycles. The minimum atomic E-state index is -2.83. The Hall–Kier alpha value is -1.40. The monoisotopic (exact) mass is 308 g/mol. The molecule has 1 aromatic carbocycles. The van der Waals surface area contributed by atoms with Gasteiger partial charge in [-0.3, -0.25) is 4.79 Å². The van der Waals surface area contributed by atoms with Crippen molar-refractivity contribution < 1.29 is 18.3 Å². The van der Waals surface area contributed by atoms with Gasteiger partial charge in [0, 0.05) is 19.0 Å². The van der Waals surface area contributed by atoms with Gasteiger partial charge >= 0.3 is 6.61 Å². The summed E-state index contributed by atoms with van der Waals surface area (Å²) < 4.78 is 28.1. The number of carbonyl (C=O) groups is 1. The molecule has 0 bridgehead atoms. The lowest BCUT2D eigenvalue weighted by atomic mass is 10.2. The predicted molar refractivity (Wildman–Crippen MR) is 75.1 cm³/mol. The van der Waals surface area contributed by atoms with Crippen molar-refractivity contribution in [2.24, 2.45) is 5.73 Å². The van der Waals surface area contributed by atoms with Crippen LogP contribution in [0.2, 0.25) is 0 Å². The summed E-state index contributed by atoms with van der Waals surface area (Å²) in [5.41, 5.74) is 6.36. The van der Waals surface area contributed by atoms with E-state index in [0.29, 0.717) is 19.4 Å². The normalized spacial score (nSPS) is 11.7. The maximum Gasteiger partial charge on any atom is 0.387 e. The number of hydrogen-bond donors (Lipinski definition) is 2. The molecule has 0 saturated carbocycles. The van der Waals surface area contributed by atoms with Crippen LogP contribution in [0.15, 0.2) is 24.3 Å². The summed E-state index contributed by atoms with van der Waals surface area (Å²) in [6.45, 7) is -0.634. The molecule has 1 atom stereocenters. The number of alkyl halides is 2. The van der Waals surface area contributed by atoms with Crippen LogP contribution in [0.4, 0.5) is 8.78 Å². The fourth-order valence-corrected chi connectivity index (χ4v) is 1.44. The lowest BCUT2D eigenvalue weighted by Crippen LogP contribution is -2.25. The molecule has 1 aromatic rings. The molecule has 0 spiro atoms. The molecule has 0 aliphatic rings. The van der Waals surface area contributed by atoms with E-state index in [1.165, 1.54) is 12.1 Å². The molecule has 0 radical (unpaired) electrons. The van der Waals surface area contributed by atoms with Crippen molar-refractivity contribution in [3.63, 3.8) is 0 Å². The highest BCUT2D eigenvalue weighted by Crippen LogP contribution is 2.14. The van der Waals surface area contributed by atoms with Crippen molar-refractivity contribution in [2.45, 2.75) is 39.0 Å². The topological polar surface area (TPSA) is 64.4 Å². The van der Waals surface area contributed by atoms with Crippen molar-refractivity contribution in [3.05, 3.63) is 29.8 Å². The lowest BCUT2D eigenvalue weighted by molar-refractivity contribution is -0.121. The second kappa shape index (κ2) is 9.50. The van der Waals surface area contributed by atoms with Crippen LogP contribution >= 0.6 is 12.4 Å². The number of nitrogens with two attached hydrogens (primary N) is 1. The van der Waals surface area contributed by atoms with Crippen molar-refractivity contribution in [3.8, 4) is 5.75 Å². The number of carbonyl (C=O) groups excluding carboxylic acids is 1. The SMILES string of the molecule is CC(N)CCC(=O)NCc1ccc(OC(F)F)cc1.Cl. The Morgan fingerprint density at radius 1 is 1.35 bits per heavy atom. The molecule has 0 saturated heterocycles. The molecule has 3 N–H and O–H groups in total. The Bertz CT molecular complexity index is 400. The molecule has 0 fully saturated rings. The smallest absolute Gasteiger partial charge is 0.387 e. The van der Waals surface area contributed by atoms with E-state index in [-0.39, 0.29) is 30.1 Å². The third kappa shape index (κ3) is 7.91. The second-order valence-corrected chi connectivity index (χ2v) is 4.32. The maximum absolute atomic E-state index is 11.9. The van der Waals surface area contributed by atoms with Crippen molar-refractivity contribution >= 4 is 18.3 Å². The Balaban J connectivity index is 0.00000361. The Kier molecular flexibility index (Phi) is 8.83. The van der Waals surface area contributed by atoms with E-state index in [1.807, 2.05) is 6.92 Å². The molecule has 1 unspecified atom stereocenters. The summed E-state index contributed by atoms with van der Waals surface area (Å²) >= 11 is 0. The van der Waals surface area contributed by atoms with Gasteiger partial charge in [0.15, 0.2) is 0 Å². The summed E-state index contributed by atoms with van der Waals surface area (Å²) in [6.07, 6.45) is 1.01. The molecular formula is C13H19ClF2N2O2. The van der Waals surface area contributed by atoms with Gasteiger partial charge in [0.05, 0.1) is 0 Å². The predicted octanol–water partition coefficient (Wildman–Crippen LogP) is 2.45. The average molecular weight is 309 g/mol. The summed E-state index contributed by atoms with van der Waals surface area (Å²) in [5, 5.41) is 2.73. The van der Waals surface area contributed by atoms with Crippen LogP contribution in [-0.2, 0) is 11.3 Å². The van der Waals surface area contributed by atoms with Crippen LogP contribution in [-0.4, -0.2) is 18.6 Å². The van der Waals surface area contributed by atoms with Gasteiger partial charge in [-0.15, -0.1) is 12.4 Å². The zero-order chi connectivity index (χ0) is 14.3. The zero-order valence-electron chi connectivity index (χ0n) is 11.1. The summed E-state index contributed by atoms with van der Waals surface area (Å²) in [5.74, 6) is 0.0206. The van der Waals surface area contributed by atoms with Gasteiger partial charge in [-0.2, -0.15) is 8.78 Å². The molecule has 4 nitrogen and oxygen atoms in total. The quantitative estimate of drug-likeness (QED) is 0.813. The highest BCUT2D eigenvalue weighted by atomic mass is 35.5. The van der Waals surface area contributed by atoms with Crippen molar-refractivity contribution in [1.82, 2.24) is 5.32 Å². The maximum atomic E-state index is 11.9. The summed E-state index contributed by atoms with van der Waals surface area (Å²) in [4.78, 5) is 11.4. The van der Waals surface area contributed by atoms with Crippen LogP contribution in [0.3, 0.4) is 0 Å².